The number of ether oxygens (including phenoxy) is 4. The number of hydrogen-bond donors (Lipinski definition) is 1. The van der Waals surface area contributed by atoms with Crippen molar-refractivity contribution in [3.63, 3.8) is 0 Å². The van der Waals surface area contributed by atoms with Crippen LogP contribution in [0.4, 0.5) is 0 Å². The fourth-order valence-corrected chi connectivity index (χ4v) is 3.32. The van der Waals surface area contributed by atoms with Crippen LogP contribution in [0.5, 0.6) is 23.0 Å². The molecule has 0 saturated heterocycles. The second kappa shape index (κ2) is 9.72. The Morgan fingerprint density at radius 2 is 1.75 bits per heavy atom. The van der Waals surface area contributed by atoms with Crippen molar-refractivity contribution in [1.29, 1.82) is 0 Å². The van der Waals surface area contributed by atoms with Crippen LogP contribution in [-0.4, -0.2) is 25.9 Å². The van der Waals surface area contributed by atoms with Gasteiger partial charge in [0.2, 0.25) is 0 Å². The Morgan fingerprint density at radius 3 is 2.43 bits per heavy atom. The summed E-state index contributed by atoms with van der Waals surface area (Å²) < 4.78 is 23.7. The Morgan fingerprint density at radius 1 is 1.04 bits per heavy atom. The normalized spacial score (nSPS) is 12.9. The van der Waals surface area contributed by atoms with E-state index in [-0.39, 0.29) is 17.9 Å². The van der Waals surface area contributed by atoms with Crippen LogP contribution < -0.4 is 24.3 Å². The molecule has 0 aliphatic carbocycles. The van der Waals surface area contributed by atoms with Crippen molar-refractivity contribution in [3.05, 3.63) is 45.9 Å². The zero-order valence-electron chi connectivity index (χ0n) is 16.6. The Kier molecular flexibility index (Phi) is 7.87. The zero-order chi connectivity index (χ0) is 19.4. The van der Waals surface area contributed by atoms with Crippen molar-refractivity contribution in [1.82, 2.24) is 5.32 Å². The molecule has 0 saturated carbocycles. The van der Waals surface area contributed by atoms with E-state index < -0.39 is 0 Å². The summed E-state index contributed by atoms with van der Waals surface area (Å²) in [5, 5.41) is 3.48. The average Bonchev–Trinajstić information content (AvgIpc) is 2.64. The predicted octanol–water partition coefficient (Wildman–Crippen LogP) is 5.12. The fraction of sp³-hybridized carbons (Fsp3) is 0.429. The highest BCUT2D eigenvalue weighted by atomic mass is 79.9. The molecule has 5 nitrogen and oxygen atoms in total. The number of nitrogens with one attached hydrogen (secondary N) is 1. The van der Waals surface area contributed by atoms with Gasteiger partial charge in [0.15, 0.2) is 23.0 Å². The summed E-state index contributed by atoms with van der Waals surface area (Å²) in [4.78, 5) is 0. The minimum atomic E-state index is 0. The third-order valence-electron chi connectivity index (χ3n) is 4.10. The minimum absolute atomic E-state index is 0. The molecular weight excluding hydrogens is 446 g/mol. The van der Waals surface area contributed by atoms with E-state index in [0.29, 0.717) is 31.3 Å². The van der Waals surface area contributed by atoms with Gasteiger partial charge in [-0.3, -0.25) is 0 Å². The van der Waals surface area contributed by atoms with Gasteiger partial charge in [0.05, 0.1) is 11.6 Å². The minimum Gasteiger partial charge on any atom is -0.493 e. The molecule has 1 heterocycles. The third kappa shape index (κ3) is 5.93. The van der Waals surface area contributed by atoms with Gasteiger partial charge in [0.25, 0.3) is 0 Å². The van der Waals surface area contributed by atoms with Crippen molar-refractivity contribution < 1.29 is 18.9 Å². The Balaban J connectivity index is 0.00000280. The molecular formula is C21H27BrClNO4. The highest BCUT2D eigenvalue weighted by Crippen LogP contribution is 2.38. The Bertz CT molecular complexity index is 808. The molecule has 3 rings (SSSR count). The van der Waals surface area contributed by atoms with E-state index in [4.69, 9.17) is 18.9 Å². The van der Waals surface area contributed by atoms with Gasteiger partial charge in [-0.1, -0.05) is 6.07 Å². The smallest absolute Gasteiger partial charge is 0.175 e. The lowest BCUT2D eigenvalue weighted by atomic mass is 10.1. The summed E-state index contributed by atoms with van der Waals surface area (Å²) in [7, 11) is 1.65. The number of methoxy groups -OCH3 is 1. The van der Waals surface area contributed by atoms with Gasteiger partial charge < -0.3 is 24.3 Å². The number of benzene rings is 2. The molecule has 0 bridgehead atoms. The molecule has 0 fully saturated rings. The SMILES string of the molecule is COc1cc(CNC(C)(C)C)cc(Br)c1OCc1ccc2c(c1)OCCO2.Cl. The lowest BCUT2D eigenvalue weighted by molar-refractivity contribution is 0.171. The molecule has 0 radical (unpaired) electrons. The summed E-state index contributed by atoms with van der Waals surface area (Å²) in [6.45, 7) is 8.74. The zero-order valence-corrected chi connectivity index (χ0v) is 19.0. The molecule has 0 aromatic heterocycles. The van der Waals surface area contributed by atoms with E-state index in [1.54, 1.807) is 7.11 Å². The van der Waals surface area contributed by atoms with Crippen molar-refractivity contribution >= 4 is 28.3 Å². The first-order chi connectivity index (χ1) is 12.9. The van der Waals surface area contributed by atoms with E-state index >= 15 is 0 Å². The Labute approximate surface area is 181 Å². The molecule has 2 aromatic carbocycles. The molecule has 0 atom stereocenters. The predicted molar refractivity (Wildman–Crippen MR) is 116 cm³/mol. The molecule has 154 valence electrons. The van der Waals surface area contributed by atoms with Crippen molar-refractivity contribution in [3.8, 4) is 23.0 Å². The fourth-order valence-electron chi connectivity index (χ4n) is 2.72. The largest absolute Gasteiger partial charge is 0.493 e. The third-order valence-corrected chi connectivity index (χ3v) is 4.69. The van der Waals surface area contributed by atoms with Crippen LogP contribution in [0.1, 0.15) is 31.9 Å². The van der Waals surface area contributed by atoms with E-state index in [9.17, 15) is 0 Å². The van der Waals surface area contributed by atoms with E-state index in [2.05, 4.69) is 48.1 Å². The second-order valence-corrected chi connectivity index (χ2v) is 8.33. The van der Waals surface area contributed by atoms with Crippen LogP contribution in [0.25, 0.3) is 0 Å². The van der Waals surface area contributed by atoms with E-state index in [0.717, 1.165) is 33.6 Å². The van der Waals surface area contributed by atoms with Crippen molar-refractivity contribution in [2.75, 3.05) is 20.3 Å². The molecule has 28 heavy (non-hydrogen) atoms. The van der Waals surface area contributed by atoms with Crippen LogP contribution in [0.15, 0.2) is 34.8 Å². The summed E-state index contributed by atoms with van der Waals surface area (Å²) in [6.07, 6.45) is 0. The number of rotatable bonds is 6. The highest BCUT2D eigenvalue weighted by molar-refractivity contribution is 9.10. The van der Waals surface area contributed by atoms with Gasteiger partial charge in [-0.2, -0.15) is 0 Å². The highest BCUT2D eigenvalue weighted by Gasteiger charge is 2.16. The maximum absolute atomic E-state index is 6.05. The first-order valence-corrected chi connectivity index (χ1v) is 9.78. The van der Waals surface area contributed by atoms with Crippen LogP contribution in [-0.2, 0) is 13.2 Å². The molecule has 7 heteroatoms. The topological polar surface area (TPSA) is 49.0 Å². The average molecular weight is 473 g/mol. The van der Waals surface area contributed by atoms with Crippen molar-refractivity contribution in [2.45, 2.75) is 39.5 Å². The van der Waals surface area contributed by atoms with Crippen LogP contribution >= 0.6 is 28.3 Å². The lowest BCUT2D eigenvalue weighted by Crippen LogP contribution is -2.35. The first-order valence-electron chi connectivity index (χ1n) is 8.98. The van der Waals surface area contributed by atoms with Gasteiger partial charge in [0.1, 0.15) is 19.8 Å². The first kappa shape index (κ1) is 22.7. The number of hydrogen-bond acceptors (Lipinski definition) is 5. The van der Waals surface area contributed by atoms with E-state index in [1.165, 1.54) is 0 Å². The summed E-state index contributed by atoms with van der Waals surface area (Å²) in [5.74, 6) is 2.93. The van der Waals surface area contributed by atoms with Gasteiger partial charge in [-0.25, -0.2) is 0 Å². The van der Waals surface area contributed by atoms with E-state index in [1.807, 2.05) is 24.3 Å². The van der Waals surface area contributed by atoms with Gasteiger partial charge in [-0.15, -0.1) is 12.4 Å². The molecule has 1 aliphatic heterocycles. The number of fused-ring (bicyclic) bond motifs is 1. The maximum Gasteiger partial charge on any atom is 0.175 e. The van der Waals surface area contributed by atoms with Crippen molar-refractivity contribution in [2.24, 2.45) is 0 Å². The summed E-state index contributed by atoms with van der Waals surface area (Å²) in [6, 6.07) is 9.91. The van der Waals surface area contributed by atoms with Crippen LogP contribution in [0.2, 0.25) is 0 Å². The maximum atomic E-state index is 6.05. The molecule has 0 unspecified atom stereocenters. The van der Waals surface area contributed by atoms with Crippen LogP contribution in [0, 0.1) is 0 Å². The molecule has 1 N–H and O–H groups in total. The lowest BCUT2D eigenvalue weighted by Gasteiger charge is -2.21. The van der Waals surface area contributed by atoms with Gasteiger partial charge >= 0.3 is 0 Å². The quantitative estimate of drug-likeness (QED) is 0.632. The van der Waals surface area contributed by atoms with Gasteiger partial charge in [0, 0.05) is 12.1 Å². The summed E-state index contributed by atoms with van der Waals surface area (Å²) >= 11 is 3.62. The molecule has 0 amide bonds. The molecule has 0 spiro atoms. The monoisotopic (exact) mass is 471 g/mol. The summed E-state index contributed by atoms with van der Waals surface area (Å²) in [5.41, 5.74) is 2.18. The molecule has 2 aromatic rings. The second-order valence-electron chi connectivity index (χ2n) is 7.48. The Hall–Kier alpha value is -1.63. The number of halogens is 2. The standard InChI is InChI=1S/C21H26BrNO4.ClH/c1-21(2,3)23-12-15-9-16(22)20(19(11-15)24-4)27-13-14-5-6-17-18(10-14)26-8-7-25-17;/h5-6,9-11,23H,7-8,12-13H2,1-4H3;1H. The van der Waals surface area contributed by atoms with Crippen LogP contribution in [0.3, 0.4) is 0 Å². The molecule has 1 aliphatic rings. The van der Waals surface area contributed by atoms with Gasteiger partial charge in [-0.05, 0) is 72.1 Å².